The van der Waals surface area contributed by atoms with Gasteiger partial charge in [-0.15, -0.1) is 5.10 Å². The quantitative estimate of drug-likeness (QED) is 0.813. The molecular formula is C15H22N4O. The largest absolute Gasteiger partial charge is 0.406 e. The minimum absolute atomic E-state index is 0.0758. The minimum atomic E-state index is 0.0758. The zero-order valence-electron chi connectivity index (χ0n) is 12.3. The molecule has 0 amide bonds. The van der Waals surface area contributed by atoms with Gasteiger partial charge >= 0.3 is 6.01 Å². The Kier molecular flexibility index (Phi) is 5.12. The van der Waals surface area contributed by atoms with Crippen molar-refractivity contribution >= 4 is 6.01 Å². The van der Waals surface area contributed by atoms with Gasteiger partial charge in [-0.25, -0.2) is 0 Å². The molecule has 0 aliphatic carbocycles. The van der Waals surface area contributed by atoms with E-state index in [1.807, 2.05) is 13.8 Å². The van der Waals surface area contributed by atoms with Crippen LogP contribution in [0.25, 0.3) is 0 Å². The van der Waals surface area contributed by atoms with E-state index in [1.54, 1.807) is 0 Å². The van der Waals surface area contributed by atoms with Crippen LogP contribution in [-0.2, 0) is 13.0 Å². The van der Waals surface area contributed by atoms with Crippen LogP contribution in [0.2, 0.25) is 0 Å². The molecular weight excluding hydrogens is 252 g/mol. The summed E-state index contributed by atoms with van der Waals surface area (Å²) < 4.78 is 5.57. The van der Waals surface area contributed by atoms with Crippen LogP contribution in [0.15, 0.2) is 28.7 Å². The Balaban J connectivity index is 1.90. The molecule has 0 saturated heterocycles. The zero-order valence-corrected chi connectivity index (χ0v) is 12.3. The number of hydrogen-bond donors (Lipinski definition) is 2. The topological polar surface area (TPSA) is 63.0 Å². The first-order valence-electron chi connectivity index (χ1n) is 7.11. The van der Waals surface area contributed by atoms with Crippen molar-refractivity contribution in [3.8, 4) is 0 Å². The lowest BCUT2D eigenvalue weighted by molar-refractivity contribution is 0.428. The number of benzene rings is 1. The molecule has 1 aromatic heterocycles. The Labute approximate surface area is 119 Å². The van der Waals surface area contributed by atoms with Crippen LogP contribution in [0.1, 0.15) is 43.8 Å². The molecule has 5 nitrogen and oxygen atoms in total. The van der Waals surface area contributed by atoms with Crippen molar-refractivity contribution in [1.29, 1.82) is 0 Å². The molecule has 0 saturated carbocycles. The van der Waals surface area contributed by atoms with Gasteiger partial charge in [0, 0.05) is 6.54 Å². The molecule has 0 aliphatic heterocycles. The molecule has 20 heavy (non-hydrogen) atoms. The molecule has 2 aromatic rings. The number of nitrogens with one attached hydrogen (secondary N) is 2. The molecule has 2 N–H and O–H groups in total. The van der Waals surface area contributed by atoms with Gasteiger partial charge in [0.05, 0.1) is 6.04 Å². The lowest BCUT2D eigenvalue weighted by Crippen LogP contribution is -2.17. The number of hydrogen-bond acceptors (Lipinski definition) is 5. The van der Waals surface area contributed by atoms with E-state index in [1.165, 1.54) is 11.1 Å². The normalized spacial score (nSPS) is 12.3. The predicted molar refractivity (Wildman–Crippen MR) is 79.5 cm³/mol. The summed E-state index contributed by atoms with van der Waals surface area (Å²) in [5, 5.41) is 14.4. The van der Waals surface area contributed by atoms with Crippen LogP contribution in [0.4, 0.5) is 6.01 Å². The van der Waals surface area contributed by atoms with Crippen LogP contribution in [0.5, 0.6) is 0 Å². The van der Waals surface area contributed by atoms with Crippen LogP contribution in [0.3, 0.4) is 0 Å². The van der Waals surface area contributed by atoms with Crippen LogP contribution in [-0.4, -0.2) is 16.7 Å². The maximum Gasteiger partial charge on any atom is 0.315 e. The maximum atomic E-state index is 5.57. The molecule has 0 radical (unpaired) electrons. The molecule has 5 heteroatoms. The summed E-state index contributed by atoms with van der Waals surface area (Å²) in [7, 11) is 0. The molecule has 0 fully saturated rings. The summed E-state index contributed by atoms with van der Waals surface area (Å²) >= 11 is 0. The van der Waals surface area contributed by atoms with Gasteiger partial charge in [-0.1, -0.05) is 43.2 Å². The fourth-order valence-electron chi connectivity index (χ4n) is 1.94. The van der Waals surface area contributed by atoms with E-state index in [-0.39, 0.29) is 6.04 Å². The fraction of sp³-hybridized carbons (Fsp3) is 0.467. The summed E-state index contributed by atoms with van der Waals surface area (Å²) in [5.41, 5.74) is 2.54. The zero-order chi connectivity index (χ0) is 14.4. The van der Waals surface area contributed by atoms with E-state index in [9.17, 15) is 0 Å². The van der Waals surface area contributed by atoms with Crippen molar-refractivity contribution in [1.82, 2.24) is 15.5 Å². The van der Waals surface area contributed by atoms with E-state index < -0.39 is 0 Å². The lowest BCUT2D eigenvalue weighted by Gasteiger charge is -2.06. The van der Waals surface area contributed by atoms with Crippen molar-refractivity contribution in [3.05, 3.63) is 41.3 Å². The first kappa shape index (κ1) is 14.5. The maximum absolute atomic E-state index is 5.57. The van der Waals surface area contributed by atoms with Gasteiger partial charge in [-0.3, -0.25) is 0 Å². The van der Waals surface area contributed by atoms with Gasteiger partial charge in [0.25, 0.3) is 0 Å². The number of aromatic nitrogens is 2. The average Bonchev–Trinajstić information content (AvgIpc) is 2.95. The highest BCUT2D eigenvalue weighted by Crippen LogP contribution is 2.14. The van der Waals surface area contributed by atoms with Crippen molar-refractivity contribution in [3.63, 3.8) is 0 Å². The molecule has 0 bridgehead atoms. The molecule has 0 spiro atoms. The summed E-state index contributed by atoms with van der Waals surface area (Å²) in [4.78, 5) is 0. The van der Waals surface area contributed by atoms with E-state index in [4.69, 9.17) is 4.42 Å². The molecule has 2 rings (SSSR count). The Morgan fingerprint density at radius 2 is 1.80 bits per heavy atom. The van der Waals surface area contributed by atoms with Crippen molar-refractivity contribution in [2.24, 2.45) is 0 Å². The van der Waals surface area contributed by atoms with E-state index in [0.29, 0.717) is 18.5 Å². The monoisotopic (exact) mass is 274 g/mol. The summed E-state index contributed by atoms with van der Waals surface area (Å²) in [6.45, 7) is 7.76. The highest BCUT2D eigenvalue weighted by molar-refractivity contribution is 5.27. The lowest BCUT2D eigenvalue weighted by atomic mass is 10.1. The van der Waals surface area contributed by atoms with Gasteiger partial charge in [0.2, 0.25) is 5.89 Å². The van der Waals surface area contributed by atoms with Crippen molar-refractivity contribution in [2.45, 2.75) is 39.8 Å². The van der Waals surface area contributed by atoms with Gasteiger partial charge in [0.15, 0.2) is 0 Å². The van der Waals surface area contributed by atoms with E-state index in [0.717, 1.165) is 13.0 Å². The third kappa shape index (κ3) is 3.81. The summed E-state index contributed by atoms with van der Waals surface area (Å²) in [5.74, 6) is 0.607. The molecule has 1 heterocycles. The van der Waals surface area contributed by atoms with Crippen molar-refractivity contribution < 1.29 is 4.42 Å². The van der Waals surface area contributed by atoms with Crippen LogP contribution >= 0.6 is 0 Å². The standard InChI is InChI=1S/C15H22N4O/c1-4-12-6-8-13(9-7-12)10-17-15-19-18-14(20-15)11(3)16-5-2/h6-9,11,16H,4-5,10H2,1-3H3,(H,17,19). The Bertz CT molecular complexity index is 521. The van der Waals surface area contributed by atoms with Crippen LogP contribution < -0.4 is 10.6 Å². The summed E-state index contributed by atoms with van der Waals surface area (Å²) in [6, 6.07) is 9.05. The Morgan fingerprint density at radius 3 is 2.45 bits per heavy atom. The third-order valence-corrected chi connectivity index (χ3v) is 3.20. The van der Waals surface area contributed by atoms with Gasteiger partial charge in [0.1, 0.15) is 0 Å². The molecule has 1 unspecified atom stereocenters. The SMILES string of the molecule is CCNC(C)c1nnc(NCc2ccc(CC)cc2)o1. The van der Waals surface area contributed by atoms with Gasteiger partial charge in [-0.2, -0.15) is 0 Å². The van der Waals surface area contributed by atoms with E-state index in [2.05, 4.69) is 52.0 Å². The molecule has 1 aromatic carbocycles. The smallest absolute Gasteiger partial charge is 0.315 e. The number of nitrogens with zero attached hydrogens (tertiary/aromatic N) is 2. The number of anilines is 1. The number of aryl methyl sites for hydroxylation is 1. The van der Waals surface area contributed by atoms with Crippen molar-refractivity contribution in [2.75, 3.05) is 11.9 Å². The molecule has 108 valence electrons. The van der Waals surface area contributed by atoms with Crippen LogP contribution in [0, 0.1) is 0 Å². The Hall–Kier alpha value is -1.88. The second kappa shape index (κ2) is 7.05. The number of rotatable bonds is 7. The van der Waals surface area contributed by atoms with Gasteiger partial charge in [-0.05, 0) is 31.0 Å². The fourth-order valence-corrected chi connectivity index (χ4v) is 1.94. The predicted octanol–water partition coefficient (Wildman–Crippen LogP) is 2.91. The second-order valence-electron chi connectivity index (χ2n) is 4.75. The minimum Gasteiger partial charge on any atom is -0.406 e. The third-order valence-electron chi connectivity index (χ3n) is 3.20. The highest BCUT2D eigenvalue weighted by atomic mass is 16.4. The second-order valence-corrected chi connectivity index (χ2v) is 4.75. The highest BCUT2D eigenvalue weighted by Gasteiger charge is 2.12. The Morgan fingerprint density at radius 1 is 1.10 bits per heavy atom. The molecule has 0 aliphatic rings. The first-order valence-corrected chi connectivity index (χ1v) is 7.11. The van der Waals surface area contributed by atoms with Gasteiger partial charge < -0.3 is 15.1 Å². The van der Waals surface area contributed by atoms with E-state index >= 15 is 0 Å². The molecule has 1 atom stereocenters. The average molecular weight is 274 g/mol. The summed E-state index contributed by atoms with van der Waals surface area (Å²) in [6.07, 6.45) is 1.06. The first-order chi connectivity index (χ1) is 9.72.